The molecule has 2 aromatic rings. The maximum atomic E-state index is 12.3. The van der Waals surface area contributed by atoms with Crippen LogP contribution in [0.25, 0.3) is 0 Å². The molecule has 1 aromatic heterocycles. The van der Waals surface area contributed by atoms with Gasteiger partial charge in [-0.1, -0.05) is 24.3 Å². The first-order valence-corrected chi connectivity index (χ1v) is 8.59. The molecule has 0 saturated carbocycles. The number of aromatic amines is 1. The molecule has 1 aliphatic rings. The minimum Gasteiger partial charge on any atom is -0.373 e. The molecule has 3 rings (SSSR count). The Bertz CT molecular complexity index is 781. The first-order valence-electron chi connectivity index (χ1n) is 8.18. The summed E-state index contributed by atoms with van der Waals surface area (Å²) in [6.07, 6.45) is 1.03. The van der Waals surface area contributed by atoms with Gasteiger partial charge >= 0.3 is 0 Å². The number of hydrogen-bond acceptors (Lipinski definition) is 4. The molecule has 0 unspecified atom stereocenters. The summed E-state index contributed by atoms with van der Waals surface area (Å²) in [6.45, 7) is 5.06. The first-order chi connectivity index (χ1) is 11.6. The Labute approximate surface area is 146 Å². The molecular weight excluding hydrogens is 324 g/mol. The second kappa shape index (κ2) is 7.27. The maximum Gasteiger partial charge on any atom is 0.223 e. The van der Waals surface area contributed by atoms with Crippen molar-refractivity contribution < 1.29 is 9.53 Å². The van der Waals surface area contributed by atoms with Crippen molar-refractivity contribution >= 4 is 18.1 Å². The zero-order valence-electron chi connectivity index (χ0n) is 13.9. The molecule has 0 saturated heterocycles. The second-order valence-corrected chi connectivity index (χ2v) is 6.58. The fourth-order valence-corrected chi connectivity index (χ4v) is 3.42. The van der Waals surface area contributed by atoms with Gasteiger partial charge in [-0.3, -0.25) is 9.89 Å². The van der Waals surface area contributed by atoms with Crippen molar-refractivity contribution in [2.24, 2.45) is 0 Å². The fourth-order valence-electron chi connectivity index (χ4n) is 3.06. The Morgan fingerprint density at radius 3 is 3.08 bits per heavy atom. The topological polar surface area (TPSA) is 71.9 Å². The summed E-state index contributed by atoms with van der Waals surface area (Å²) in [5.41, 5.74) is 2.38. The van der Waals surface area contributed by atoms with E-state index in [-0.39, 0.29) is 18.1 Å². The Kier molecular flexibility index (Phi) is 5.11. The van der Waals surface area contributed by atoms with Crippen molar-refractivity contribution in [2.75, 3.05) is 6.61 Å². The van der Waals surface area contributed by atoms with Crippen molar-refractivity contribution in [1.82, 2.24) is 20.1 Å². The molecular formula is C17H22N4O2S. The smallest absolute Gasteiger partial charge is 0.223 e. The SMILES string of the molecule is CC(C)n1c(CNC(=O)C[C@H]2OCCc3ccccc32)n[nH]c1=S. The zero-order valence-corrected chi connectivity index (χ0v) is 14.7. The van der Waals surface area contributed by atoms with E-state index in [0.29, 0.717) is 24.3 Å². The highest BCUT2D eigenvalue weighted by atomic mass is 32.1. The lowest BCUT2D eigenvalue weighted by Crippen LogP contribution is -2.28. The monoisotopic (exact) mass is 346 g/mol. The van der Waals surface area contributed by atoms with Gasteiger partial charge in [-0.15, -0.1) is 0 Å². The molecule has 0 aliphatic carbocycles. The number of nitrogens with zero attached hydrogens (tertiary/aromatic N) is 2. The van der Waals surface area contributed by atoms with Gasteiger partial charge in [-0.25, -0.2) is 0 Å². The Balaban J connectivity index is 1.62. The van der Waals surface area contributed by atoms with Crippen molar-refractivity contribution in [3.05, 3.63) is 46.0 Å². The highest BCUT2D eigenvalue weighted by Gasteiger charge is 2.23. The molecule has 0 fully saturated rings. The van der Waals surface area contributed by atoms with Crippen LogP contribution in [-0.4, -0.2) is 27.3 Å². The molecule has 0 bridgehead atoms. The zero-order chi connectivity index (χ0) is 17.1. The fraction of sp³-hybridized carbons (Fsp3) is 0.471. The van der Waals surface area contributed by atoms with Gasteiger partial charge < -0.3 is 14.6 Å². The third kappa shape index (κ3) is 3.57. The molecule has 0 radical (unpaired) electrons. The lowest BCUT2D eigenvalue weighted by atomic mass is 9.96. The van der Waals surface area contributed by atoms with Crippen molar-refractivity contribution in [1.29, 1.82) is 0 Å². The van der Waals surface area contributed by atoms with Gasteiger partial charge in [-0.05, 0) is 43.6 Å². The molecule has 1 amide bonds. The van der Waals surface area contributed by atoms with E-state index >= 15 is 0 Å². The molecule has 1 aromatic carbocycles. The summed E-state index contributed by atoms with van der Waals surface area (Å²) >= 11 is 5.22. The quantitative estimate of drug-likeness (QED) is 0.817. The number of carbonyl (C=O) groups is 1. The summed E-state index contributed by atoms with van der Waals surface area (Å²) < 4.78 is 8.26. The average Bonchev–Trinajstić information content (AvgIpc) is 2.94. The number of hydrogen-bond donors (Lipinski definition) is 2. The highest BCUT2D eigenvalue weighted by Crippen LogP contribution is 2.29. The largest absolute Gasteiger partial charge is 0.373 e. The molecule has 7 heteroatoms. The summed E-state index contributed by atoms with van der Waals surface area (Å²) in [4.78, 5) is 12.3. The lowest BCUT2D eigenvalue weighted by Gasteiger charge is -2.25. The molecule has 2 N–H and O–H groups in total. The average molecular weight is 346 g/mol. The molecule has 2 heterocycles. The number of nitrogens with one attached hydrogen (secondary N) is 2. The van der Waals surface area contributed by atoms with E-state index in [4.69, 9.17) is 17.0 Å². The van der Waals surface area contributed by atoms with E-state index in [0.717, 1.165) is 17.8 Å². The molecule has 1 atom stereocenters. The highest BCUT2D eigenvalue weighted by molar-refractivity contribution is 7.71. The summed E-state index contributed by atoms with van der Waals surface area (Å²) in [6, 6.07) is 8.34. The van der Waals surface area contributed by atoms with Crippen LogP contribution in [0.3, 0.4) is 0 Å². The van der Waals surface area contributed by atoms with Gasteiger partial charge in [0.05, 0.1) is 25.7 Å². The van der Waals surface area contributed by atoms with E-state index in [9.17, 15) is 4.79 Å². The van der Waals surface area contributed by atoms with Crippen LogP contribution in [0.2, 0.25) is 0 Å². The summed E-state index contributed by atoms with van der Waals surface area (Å²) in [5.74, 6) is 0.675. The normalized spacial score (nSPS) is 16.9. The van der Waals surface area contributed by atoms with Gasteiger partial charge in [-0.2, -0.15) is 5.10 Å². The van der Waals surface area contributed by atoms with E-state index in [1.165, 1.54) is 5.56 Å². The molecule has 128 valence electrons. The van der Waals surface area contributed by atoms with E-state index < -0.39 is 0 Å². The molecule has 6 nitrogen and oxygen atoms in total. The van der Waals surface area contributed by atoms with Crippen LogP contribution >= 0.6 is 12.2 Å². The number of aromatic nitrogens is 3. The maximum absolute atomic E-state index is 12.3. The second-order valence-electron chi connectivity index (χ2n) is 6.20. The molecule has 0 spiro atoms. The third-order valence-electron chi connectivity index (χ3n) is 4.20. The number of ether oxygens (including phenoxy) is 1. The Morgan fingerprint density at radius 2 is 2.29 bits per heavy atom. The molecule has 1 aliphatic heterocycles. The van der Waals surface area contributed by atoms with Crippen LogP contribution in [0, 0.1) is 4.77 Å². The Morgan fingerprint density at radius 1 is 1.50 bits per heavy atom. The number of carbonyl (C=O) groups excluding carboxylic acids is 1. The predicted molar refractivity (Wildman–Crippen MR) is 93.1 cm³/mol. The number of H-pyrrole nitrogens is 1. The van der Waals surface area contributed by atoms with Crippen LogP contribution in [0.1, 0.15) is 49.4 Å². The van der Waals surface area contributed by atoms with Crippen LogP contribution in [0.15, 0.2) is 24.3 Å². The number of fused-ring (bicyclic) bond motifs is 1. The van der Waals surface area contributed by atoms with Crippen LogP contribution < -0.4 is 5.32 Å². The van der Waals surface area contributed by atoms with Gasteiger partial charge in [0.15, 0.2) is 10.6 Å². The molecule has 24 heavy (non-hydrogen) atoms. The van der Waals surface area contributed by atoms with Gasteiger partial charge in [0.25, 0.3) is 0 Å². The summed E-state index contributed by atoms with van der Waals surface area (Å²) in [5, 5.41) is 9.89. The number of rotatable bonds is 5. The van der Waals surface area contributed by atoms with Crippen LogP contribution in [0.4, 0.5) is 0 Å². The van der Waals surface area contributed by atoms with E-state index in [1.807, 2.05) is 36.6 Å². The lowest BCUT2D eigenvalue weighted by molar-refractivity contribution is -0.124. The van der Waals surface area contributed by atoms with Gasteiger partial charge in [0.1, 0.15) is 0 Å². The van der Waals surface area contributed by atoms with Gasteiger partial charge in [0.2, 0.25) is 5.91 Å². The minimum atomic E-state index is -0.180. The standard InChI is InChI=1S/C17H22N4O2S/c1-11(2)21-15(19-20-17(21)24)10-18-16(22)9-14-13-6-4-3-5-12(13)7-8-23-14/h3-6,11,14H,7-10H2,1-2H3,(H,18,22)(H,20,24)/t14-/m1/s1. The van der Waals surface area contributed by atoms with E-state index in [2.05, 4.69) is 21.6 Å². The number of amides is 1. The van der Waals surface area contributed by atoms with E-state index in [1.54, 1.807) is 0 Å². The minimum absolute atomic E-state index is 0.0547. The first kappa shape index (κ1) is 16.9. The van der Waals surface area contributed by atoms with Gasteiger partial charge in [0, 0.05) is 6.04 Å². The predicted octanol–water partition coefficient (Wildman–Crippen LogP) is 2.84. The number of benzene rings is 1. The van der Waals surface area contributed by atoms with Crippen molar-refractivity contribution in [3.8, 4) is 0 Å². The van der Waals surface area contributed by atoms with Crippen LogP contribution in [-0.2, 0) is 22.5 Å². The van der Waals surface area contributed by atoms with Crippen LogP contribution in [0.5, 0.6) is 0 Å². The summed E-state index contributed by atoms with van der Waals surface area (Å²) in [7, 11) is 0. The Hall–Kier alpha value is -1.99. The third-order valence-corrected chi connectivity index (χ3v) is 4.49. The van der Waals surface area contributed by atoms with Crippen molar-refractivity contribution in [2.45, 2.75) is 45.4 Å². The van der Waals surface area contributed by atoms with Crippen molar-refractivity contribution in [3.63, 3.8) is 0 Å².